The van der Waals surface area contributed by atoms with E-state index in [2.05, 4.69) is 79.6 Å². The van der Waals surface area contributed by atoms with Gasteiger partial charge < -0.3 is 40.9 Å². The van der Waals surface area contributed by atoms with Crippen molar-refractivity contribution in [1.82, 2.24) is 40.9 Å². The van der Waals surface area contributed by atoms with Gasteiger partial charge in [-0.25, -0.2) is 0 Å². The Morgan fingerprint density at radius 3 is 1.12 bits per heavy atom. The van der Waals surface area contributed by atoms with Crippen molar-refractivity contribution < 1.29 is 19.2 Å². The van der Waals surface area contributed by atoms with Crippen LogP contribution in [0.5, 0.6) is 0 Å². The monoisotopic (exact) mass is 860 g/mol. The van der Waals surface area contributed by atoms with Gasteiger partial charge in [-0.05, 0) is 67.2 Å². The molecule has 12 nitrogen and oxygen atoms in total. The van der Waals surface area contributed by atoms with Crippen LogP contribution in [0.3, 0.4) is 0 Å². The van der Waals surface area contributed by atoms with Crippen molar-refractivity contribution in [1.29, 1.82) is 0 Å². The molecule has 2 aliphatic carbocycles. The van der Waals surface area contributed by atoms with Crippen molar-refractivity contribution in [2.24, 2.45) is 0 Å². The zero-order chi connectivity index (χ0) is 43.8. The number of rotatable bonds is 0. The van der Waals surface area contributed by atoms with Gasteiger partial charge in [0, 0.05) is 117 Å². The lowest BCUT2D eigenvalue weighted by Gasteiger charge is -2.34. The molecule has 2 fully saturated rings. The van der Waals surface area contributed by atoms with Gasteiger partial charge >= 0.3 is 0 Å². The molecule has 4 N–H and O–H groups in total. The Hall–Kier alpha value is -6.56. The number of hydrogen-bond acceptors (Lipinski definition) is 8. The Labute approximate surface area is 376 Å². The summed E-state index contributed by atoms with van der Waals surface area (Å²) in [5, 5.41) is 13.2. The highest BCUT2D eigenvalue weighted by Gasteiger charge is 2.32. The molecule has 8 aliphatic heterocycles. The molecule has 0 aromatic heterocycles. The van der Waals surface area contributed by atoms with E-state index in [-0.39, 0.29) is 47.8 Å². The number of benzene rings is 2. The number of amides is 4. The summed E-state index contributed by atoms with van der Waals surface area (Å²) in [4.78, 5) is 63.2. The number of allylic oxidation sites excluding steroid dienone is 3. The zero-order valence-corrected chi connectivity index (χ0v) is 36.6. The third-order valence-corrected chi connectivity index (χ3v) is 13.3. The lowest BCUT2D eigenvalue weighted by molar-refractivity contribution is -0.121. The summed E-state index contributed by atoms with van der Waals surface area (Å²) in [7, 11) is 0. The smallest absolute Gasteiger partial charge is 0.253 e. The van der Waals surface area contributed by atoms with Crippen LogP contribution in [0.15, 0.2) is 145 Å². The van der Waals surface area contributed by atoms with Gasteiger partial charge in [-0.2, -0.15) is 0 Å². The van der Waals surface area contributed by atoms with Gasteiger partial charge in [-0.3, -0.25) is 19.2 Å². The van der Waals surface area contributed by atoms with Crippen LogP contribution in [0.1, 0.15) is 92.9 Å². The van der Waals surface area contributed by atoms with Crippen LogP contribution in [0.4, 0.5) is 0 Å². The Kier molecular flexibility index (Phi) is 13.3. The Morgan fingerprint density at radius 1 is 0.406 bits per heavy atom. The topological polar surface area (TPSA) is 129 Å². The van der Waals surface area contributed by atoms with E-state index in [0.29, 0.717) is 74.3 Å². The fourth-order valence-electron chi connectivity index (χ4n) is 9.79. The van der Waals surface area contributed by atoms with Crippen LogP contribution < -0.4 is 21.3 Å². The van der Waals surface area contributed by atoms with Crippen molar-refractivity contribution in [3.05, 3.63) is 167 Å². The molecule has 0 spiro atoms. The number of hydrogen-bond donors (Lipinski definition) is 4. The Morgan fingerprint density at radius 2 is 0.750 bits per heavy atom. The molecule has 12 heteroatoms. The van der Waals surface area contributed by atoms with E-state index < -0.39 is 0 Å². The molecule has 0 unspecified atom stereocenters. The van der Waals surface area contributed by atoms with Crippen LogP contribution in [-0.2, 0) is 45.4 Å². The van der Waals surface area contributed by atoms with Crippen LogP contribution >= 0.6 is 0 Å². The molecule has 332 valence electrons. The standard InChI is InChI=1S/C52H60N8O4/c61-49-41-9-5-25-57(33-41)29-37-17-19-39(20-18-37)31-59-27-7-11-43(35-59)51(63)55-47-15-3-4-16-48(47)56-52(64)44-12-8-28-60(36-44)32-40-23-21-38(22-24-40)30-58-26-6-10-42(34-58)50(62)54-46-14-2-1-13-45(46)53-49/h5-9,17-24,26-28,33-36,45-48H,1-4,10-16,25,29-32H2,(H,53,61)(H,54,62)(H,55,63)(H,56,64)/t45-,46-,47-,48-/m1/s1. The number of carbonyl (C=O) groups excluding carboxylic acids is 4. The first-order valence-corrected chi connectivity index (χ1v) is 23.2. The molecule has 4 amide bonds. The van der Waals surface area contributed by atoms with E-state index in [4.69, 9.17) is 0 Å². The summed E-state index contributed by atoms with van der Waals surface area (Å²) in [5.41, 5.74) is 7.16. The van der Waals surface area contributed by atoms with E-state index in [1.807, 2.05) is 83.6 Å². The maximum absolute atomic E-state index is 13.7. The van der Waals surface area contributed by atoms with Gasteiger partial charge in [0.05, 0.1) is 5.57 Å². The fraction of sp³-hybridized carbons (Fsp3) is 0.385. The first-order valence-electron chi connectivity index (χ1n) is 23.2. The minimum Gasteiger partial charge on any atom is -0.369 e. The normalized spacial score (nSPS) is 25.8. The third-order valence-electron chi connectivity index (χ3n) is 13.3. The largest absolute Gasteiger partial charge is 0.369 e. The first kappa shape index (κ1) is 42.7. The quantitative estimate of drug-likeness (QED) is 0.235. The van der Waals surface area contributed by atoms with Crippen LogP contribution in [-0.4, -0.2) is 73.9 Å². The molecule has 2 aromatic carbocycles. The van der Waals surface area contributed by atoms with Crippen molar-refractivity contribution in [3.63, 3.8) is 0 Å². The van der Waals surface area contributed by atoms with Gasteiger partial charge in [-0.1, -0.05) is 105 Å². The molecule has 0 saturated heterocycles. The fourth-order valence-corrected chi connectivity index (χ4v) is 9.79. The lowest BCUT2D eigenvalue weighted by atomic mass is 9.89. The first-order chi connectivity index (χ1) is 31.3. The molecule has 8 heterocycles. The summed E-state index contributed by atoms with van der Waals surface area (Å²) in [5.74, 6) is -0.405. The highest BCUT2D eigenvalue weighted by Crippen LogP contribution is 2.25. The van der Waals surface area contributed by atoms with E-state index >= 15 is 0 Å². The highest BCUT2D eigenvalue weighted by atomic mass is 16.2. The van der Waals surface area contributed by atoms with E-state index in [1.54, 1.807) is 0 Å². The number of nitrogens with zero attached hydrogens (tertiary/aromatic N) is 4. The van der Waals surface area contributed by atoms with Crippen molar-refractivity contribution >= 4 is 23.6 Å². The molecular weight excluding hydrogens is 801 g/mol. The summed E-state index contributed by atoms with van der Waals surface area (Å²) in [6.45, 7) is 3.20. The second-order valence-corrected chi connectivity index (χ2v) is 18.2. The zero-order valence-electron chi connectivity index (χ0n) is 36.6. The third kappa shape index (κ3) is 10.8. The van der Waals surface area contributed by atoms with Crippen LogP contribution in [0.25, 0.3) is 0 Å². The van der Waals surface area contributed by atoms with E-state index in [9.17, 15) is 19.2 Å². The van der Waals surface area contributed by atoms with Crippen molar-refractivity contribution in [3.8, 4) is 0 Å². The van der Waals surface area contributed by atoms with E-state index in [0.717, 1.165) is 73.6 Å². The number of carbonyl (C=O) groups is 4. The number of nitrogens with one attached hydrogen (secondary N) is 4. The summed E-state index contributed by atoms with van der Waals surface area (Å²) < 4.78 is 0. The van der Waals surface area contributed by atoms with Crippen LogP contribution in [0, 0.1) is 0 Å². The Bertz CT molecular complexity index is 2340. The maximum atomic E-state index is 13.7. The Balaban J connectivity index is 0.931. The SMILES string of the molecule is O=C1N[C@@H]2CCCC[C@H]2NC(=O)C2=CN(C=CC2)Cc2ccc(cc2)CN2C=CCC(=C2)C(=O)N[C@@H]2CCCC[C@H]2NC(=O)C2=CN(C=CC2)Cc2ccc(cc2)CN2C=C1C=CC2. The van der Waals surface area contributed by atoms with Crippen molar-refractivity contribution in [2.45, 2.75) is 121 Å². The van der Waals surface area contributed by atoms with Gasteiger partial charge in [0.25, 0.3) is 5.91 Å². The maximum Gasteiger partial charge on any atom is 0.253 e. The predicted octanol–water partition coefficient (Wildman–Crippen LogP) is 6.55. The second kappa shape index (κ2) is 19.9. The highest BCUT2D eigenvalue weighted by molar-refractivity contribution is 5.97. The van der Waals surface area contributed by atoms with Gasteiger partial charge in [-0.15, -0.1) is 0 Å². The summed E-state index contributed by atoms with van der Waals surface area (Å²) in [6.07, 6.45) is 32.7. The lowest BCUT2D eigenvalue weighted by Crippen LogP contribution is -2.53. The molecule has 4 atom stereocenters. The molecule has 2 saturated carbocycles. The summed E-state index contributed by atoms with van der Waals surface area (Å²) in [6, 6.07) is 16.3. The molecule has 64 heavy (non-hydrogen) atoms. The molecule has 10 aliphatic rings. The van der Waals surface area contributed by atoms with Crippen LogP contribution in [0.2, 0.25) is 0 Å². The molecule has 12 bridgehead atoms. The predicted molar refractivity (Wildman–Crippen MR) is 247 cm³/mol. The molecular formula is C52H60N8O4. The average molecular weight is 861 g/mol. The average Bonchev–Trinajstić information content (AvgIpc) is 3.31. The minimum absolute atomic E-state index is 0.0910. The summed E-state index contributed by atoms with van der Waals surface area (Å²) >= 11 is 0. The van der Waals surface area contributed by atoms with Gasteiger partial charge in [0.15, 0.2) is 0 Å². The minimum atomic E-state index is -0.160. The molecule has 12 rings (SSSR count). The van der Waals surface area contributed by atoms with Gasteiger partial charge in [0.2, 0.25) is 17.7 Å². The van der Waals surface area contributed by atoms with E-state index in [1.165, 1.54) is 0 Å². The van der Waals surface area contributed by atoms with Crippen molar-refractivity contribution in [2.75, 3.05) is 6.54 Å². The molecule has 0 radical (unpaired) electrons. The second-order valence-electron chi connectivity index (χ2n) is 18.2. The van der Waals surface area contributed by atoms with Gasteiger partial charge in [0.1, 0.15) is 0 Å². The molecule has 2 aromatic rings.